The number of carbonyl (C=O) groups is 2. The summed E-state index contributed by atoms with van der Waals surface area (Å²) >= 11 is 0. The maximum Gasteiger partial charge on any atom is 0.269 e. The molecule has 2 aromatic carbocycles. The fourth-order valence-corrected chi connectivity index (χ4v) is 3.84. The lowest BCUT2D eigenvalue weighted by Crippen LogP contribution is -2.42. The van der Waals surface area contributed by atoms with Crippen LogP contribution in [0.1, 0.15) is 23.1 Å². The number of para-hydroxylation sites is 2. The van der Waals surface area contributed by atoms with Crippen molar-refractivity contribution in [1.29, 1.82) is 0 Å². The summed E-state index contributed by atoms with van der Waals surface area (Å²) in [5.41, 5.74) is 6.57. The minimum Gasteiger partial charge on any atom is -0.331 e. The van der Waals surface area contributed by atoms with Crippen LogP contribution in [0.25, 0.3) is 11.0 Å². The van der Waals surface area contributed by atoms with Gasteiger partial charge in [0.1, 0.15) is 5.82 Å². The Labute approximate surface area is 168 Å². The molecule has 1 aromatic heterocycles. The third kappa shape index (κ3) is 4.61. The van der Waals surface area contributed by atoms with E-state index in [2.05, 4.69) is 20.6 Å². The summed E-state index contributed by atoms with van der Waals surface area (Å²) in [4.78, 5) is 28.8. The predicted octanol–water partition coefficient (Wildman–Crippen LogP) is 0.875. The molecular formula is C19H21N5O4S. The van der Waals surface area contributed by atoms with Crippen molar-refractivity contribution in [2.24, 2.45) is 7.05 Å². The van der Waals surface area contributed by atoms with Gasteiger partial charge in [0.05, 0.1) is 22.3 Å². The number of aryl methyl sites for hydroxylation is 1. The fourth-order valence-electron chi connectivity index (χ4n) is 2.80. The van der Waals surface area contributed by atoms with Crippen LogP contribution < -0.4 is 15.6 Å². The van der Waals surface area contributed by atoms with Crippen molar-refractivity contribution in [3.05, 3.63) is 59.9 Å². The first-order valence-electron chi connectivity index (χ1n) is 8.91. The Morgan fingerprint density at radius 3 is 2.38 bits per heavy atom. The monoisotopic (exact) mass is 415 g/mol. The average Bonchev–Trinajstić information content (AvgIpc) is 3.02. The van der Waals surface area contributed by atoms with Gasteiger partial charge in [-0.25, -0.2) is 18.1 Å². The normalized spacial score (nSPS) is 11.4. The molecule has 9 nitrogen and oxygen atoms in total. The molecule has 152 valence electrons. The summed E-state index contributed by atoms with van der Waals surface area (Å²) in [6.07, 6.45) is -0.00860. The number of hydrogen-bond donors (Lipinski definition) is 3. The van der Waals surface area contributed by atoms with Gasteiger partial charge >= 0.3 is 0 Å². The maximum absolute atomic E-state index is 12.2. The van der Waals surface area contributed by atoms with E-state index in [0.717, 1.165) is 11.0 Å². The van der Waals surface area contributed by atoms with E-state index in [1.54, 1.807) is 6.92 Å². The minimum atomic E-state index is -3.59. The highest BCUT2D eigenvalue weighted by atomic mass is 32.2. The highest BCUT2D eigenvalue weighted by Crippen LogP contribution is 2.14. The third-order valence-electron chi connectivity index (χ3n) is 4.28. The van der Waals surface area contributed by atoms with E-state index in [1.807, 2.05) is 35.9 Å². The van der Waals surface area contributed by atoms with Crippen molar-refractivity contribution < 1.29 is 18.0 Å². The van der Waals surface area contributed by atoms with Gasteiger partial charge in [-0.2, -0.15) is 0 Å². The number of nitrogens with zero attached hydrogens (tertiary/aromatic N) is 2. The molecule has 0 aliphatic heterocycles. The molecule has 0 saturated carbocycles. The van der Waals surface area contributed by atoms with Gasteiger partial charge in [0, 0.05) is 19.2 Å². The zero-order valence-electron chi connectivity index (χ0n) is 16.0. The SMILES string of the molecule is CCNS(=O)(=O)c1ccc(C(=O)NNC(=O)Cc2nc3ccccc3n2C)cc1. The molecular weight excluding hydrogens is 394 g/mol. The molecule has 2 amide bonds. The molecule has 0 spiro atoms. The van der Waals surface area contributed by atoms with E-state index in [0.29, 0.717) is 5.82 Å². The number of nitrogens with one attached hydrogen (secondary N) is 3. The fraction of sp³-hybridized carbons (Fsp3) is 0.211. The number of hydrazine groups is 1. The lowest BCUT2D eigenvalue weighted by Gasteiger charge is -2.09. The molecule has 3 rings (SSSR count). The van der Waals surface area contributed by atoms with E-state index in [4.69, 9.17) is 0 Å². The van der Waals surface area contributed by atoms with Crippen LogP contribution in [0.5, 0.6) is 0 Å². The van der Waals surface area contributed by atoms with Crippen LogP contribution in [0, 0.1) is 0 Å². The third-order valence-corrected chi connectivity index (χ3v) is 5.84. The Bertz CT molecular complexity index is 1150. The molecule has 0 atom stereocenters. The van der Waals surface area contributed by atoms with Crippen molar-refractivity contribution in [2.45, 2.75) is 18.2 Å². The summed E-state index contributed by atoms with van der Waals surface area (Å²) in [6.45, 7) is 1.94. The van der Waals surface area contributed by atoms with Gasteiger partial charge in [-0.1, -0.05) is 19.1 Å². The second-order valence-electron chi connectivity index (χ2n) is 6.28. The number of sulfonamides is 1. The lowest BCUT2D eigenvalue weighted by atomic mass is 10.2. The number of hydrogen-bond acceptors (Lipinski definition) is 5. The first kappa shape index (κ1) is 20.5. The van der Waals surface area contributed by atoms with Gasteiger partial charge in [0.2, 0.25) is 15.9 Å². The number of aromatic nitrogens is 2. The second kappa shape index (κ2) is 8.41. The van der Waals surface area contributed by atoms with Crippen molar-refractivity contribution in [3.63, 3.8) is 0 Å². The van der Waals surface area contributed by atoms with Crippen LogP contribution in [-0.2, 0) is 28.3 Å². The van der Waals surface area contributed by atoms with E-state index >= 15 is 0 Å². The number of benzene rings is 2. The average molecular weight is 415 g/mol. The van der Waals surface area contributed by atoms with Crippen LogP contribution in [0.4, 0.5) is 0 Å². The Morgan fingerprint density at radius 1 is 1.03 bits per heavy atom. The molecule has 1 heterocycles. The van der Waals surface area contributed by atoms with Gasteiger partial charge in [-0.05, 0) is 36.4 Å². The summed E-state index contributed by atoms with van der Waals surface area (Å²) in [6, 6.07) is 12.9. The van der Waals surface area contributed by atoms with E-state index in [-0.39, 0.29) is 23.4 Å². The predicted molar refractivity (Wildman–Crippen MR) is 107 cm³/mol. The van der Waals surface area contributed by atoms with E-state index in [9.17, 15) is 18.0 Å². The molecule has 0 radical (unpaired) electrons. The highest BCUT2D eigenvalue weighted by molar-refractivity contribution is 7.89. The summed E-state index contributed by atoms with van der Waals surface area (Å²) in [5.74, 6) is -0.421. The lowest BCUT2D eigenvalue weighted by molar-refractivity contribution is -0.121. The van der Waals surface area contributed by atoms with Gasteiger partial charge in [-0.3, -0.25) is 20.4 Å². The molecule has 0 saturated heterocycles. The number of fused-ring (bicyclic) bond motifs is 1. The van der Waals surface area contributed by atoms with Crippen LogP contribution in [0.3, 0.4) is 0 Å². The Balaban J connectivity index is 1.60. The first-order valence-corrected chi connectivity index (χ1v) is 10.4. The molecule has 3 aromatic rings. The smallest absolute Gasteiger partial charge is 0.269 e. The largest absolute Gasteiger partial charge is 0.331 e. The molecule has 0 bridgehead atoms. The summed E-state index contributed by atoms with van der Waals surface area (Å²) < 4.78 is 28.0. The Hall–Kier alpha value is -3.24. The summed E-state index contributed by atoms with van der Waals surface area (Å²) in [7, 11) is -1.77. The Kier molecular flexibility index (Phi) is 5.95. The van der Waals surface area contributed by atoms with Gasteiger partial charge in [0.15, 0.2) is 0 Å². The zero-order valence-corrected chi connectivity index (χ0v) is 16.8. The highest BCUT2D eigenvalue weighted by Gasteiger charge is 2.15. The van der Waals surface area contributed by atoms with Crippen molar-refractivity contribution in [1.82, 2.24) is 25.1 Å². The molecule has 0 aliphatic carbocycles. The van der Waals surface area contributed by atoms with Crippen molar-refractivity contribution >= 4 is 32.9 Å². The van der Waals surface area contributed by atoms with Crippen LogP contribution in [0.15, 0.2) is 53.4 Å². The zero-order chi connectivity index (χ0) is 21.0. The number of carbonyl (C=O) groups excluding carboxylic acids is 2. The first-order chi connectivity index (χ1) is 13.8. The van der Waals surface area contributed by atoms with Crippen LogP contribution in [-0.4, -0.2) is 36.3 Å². The summed E-state index contributed by atoms with van der Waals surface area (Å²) in [5, 5.41) is 0. The molecule has 10 heteroatoms. The molecule has 0 fully saturated rings. The number of rotatable bonds is 6. The molecule has 3 N–H and O–H groups in total. The van der Waals surface area contributed by atoms with Crippen LogP contribution >= 0.6 is 0 Å². The van der Waals surface area contributed by atoms with Gasteiger partial charge in [-0.15, -0.1) is 0 Å². The van der Waals surface area contributed by atoms with Gasteiger partial charge in [0.25, 0.3) is 5.91 Å². The molecule has 29 heavy (non-hydrogen) atoms. The molecule has 0 unspecified atom stereocenters. The van der Waals surface area contributed by atoms with Crippen molar-refractivity contribution in [2.75, 3.05) is 6.54 Å². The number of amides is 2. The standard InChI is InChI=1S/C19H21N5O4S/c1-3-20-29(27,28)14-10-8-13(9-11-14)19(26)23-22-18(25)12-17-21-15-6-4-5-7-16(15)24(17)2/h4-11,20H,3,12H2,1-2H3,(H,22,25)(H,23,26). The quantitative estimate of drug-likeness (QED) is 0.516. The maximum atomic E-state index is 12.2. The Morgan fingerprint density at radius 2 is 1.72 bits per heavy atom. The minimum absolute atomic E-state index is 0.00860. The number of imidazole rings is 1. The van der Waals surface area contributed by atoms with E-state index in [1.165, 1.54) is 24.3 Å². The molecule has 0 aliphatic rings. The van der Waals surface area contributed by atoms with Gasteiger partial charge < -0.3 is 4.57 Å². The van der Waals surface area contributed by atoms with Crippen molar-refractivity contribution in [3.8, 4) is 0 Å². The van der Waals surface area contributed by atoms with Crippen LogP contribution in [0.2, 0.25) is 0 Å². The van der Waals surface area contributed by atoms with E-state index < -0.39 is 21.8 Å². The topological polar surface area (TPSA) is 122 Å². The second-order valence-corrected chi connectivity index (χ2v) is 8.05.